The summed E-state index contributed by atoms with van der Waals surface area (Å²) in [6.45, 7) is 1.70. The number of nitrogens with one attached hydrogen (secondary N) is 2. The van der Waals surface area contributed by atoms with Gasteiger partial charge in [0.25, 0.3) is 11.8 Å². The van der Waals surface area contributed by atoms with Crippen LogP contribution in [0.2, 0.25) is 0 Å². The molecular formula is C17H20N2O5. The van der Waals surface area contributed by atoms with Crippen LogP contribution in [-0.4, -0.2) is 35.0 Å². The molecular weight excluding hydrogens is 312 g/mol. The van der Waals surface area contributed by atoms with E-state index in [1.807, 2.05) is 0 Å². The molecule has 24 heavy (non-hydrogen) atoms. The van der Waals surface area contributed by atoms with Crippen LogP contribution in [0.1, 0.15) is 43.0 Å². The first-order chi connectivity index (χ1) is 11.4. The van der Waals surface area contributed by atoms with E-state index in [0.717, 1.165) is 12.8 Å². The number of carbonyl (C=O) groups is 3. The van der Waals surface area contributed by atoms with Gasteiger partial charge in [0, 0.05) is 5.56 Å². The molecule has 1 aliphatic heterocycles. The van der Waals surface area contributed by atoms with E-state index in [9.17, 15) is 19.5 Å². The highest BCUT2D eigenvalue weighted by molar-refractivity contribution is 5.99. The molecule has 2 amide bonds. The monoisotopic (exact) mass is 332 g/mol. The Morgan fingerprint density at radius 2 is 2.17 bits per heavy atom. The first kappa shape index (κ1) is 16.3. The molecule has 0 bridgehead atoms. The minimum Gasteiger partial charge on any atom is -0.482 e. The van der Waals surface area contributed by atoms with Crippen molar-refractivity contribution in [3.05, 3.63) is 23.8 Å². The first-order valence-electron chi connectivity index (χ1n) is 8.01. The molecule has 0 radical (unpaired) electrons. The zero-order valence-corrected chi connectivity index (χ0v) is 13.4. The Balaban J connectivity index is 1.79. The van der Waals surface area contributed by atoms with Gasteiger partial charge in [0.2, 0.25) is 0 Å². The van der Waals surface area contributed by atoms with E-state index >= 15 is 0 Å². The second-order valence-electron chi connectivity index (χ2n) is 6.56. The number of benzene rings is 1. The van der Waals surface area contributed by atoms with E-state index in [-0.39, 0.29) is 18.4 Å². The number of anilines is 1. The van der Waals surface area contributed by atoms with Crippen molar-refractivity contribution in [1.82, 2.24) is 5.32 Å². The number of aliphatic carboxylic acids is 1. The molecule has 2 aliphatic rings. The Morgan fingerprint density at radius 1 is 1.38 bits per heavy atom. The van der Waals surface area contributed by atoms with Crippen molar-refractivity contribution < 1.29 is 24.2 Å². The average Bonchev–Trinajstić information content (AvgIpc) is 2.54. The average molecular weight is 332 g/mol. The van der Waals surface area contributed by atoms with Crippen LogP contribution in [0.4, 0.5) is 5.69 Å². The van der Waals surface area contributed by atoms with Crippen molar-refractivity contribution in [2.75, 3.05) is 11.9 Å². The normalized spacial score (nSPS) is 25.9. The van der Waals surface area contributed by atoms with Gasteiger partial charge in [-0.25, -0.2) is 0 Å². The van der Waals surface area contributed by atoms with Crippen molar-refractivity contribution in [2.45, 2.75) is 38.1 Å². The Bertz CT molecular complexity index is 702. The molecule has 1 fully saturated rings. The molecule has 1 aromatic carbocycles. The lowest BCUT2D eigenvalue weighted by atomic mass is 9.73. The third-order valence-corrected chi connectivity index (χ3v) is 4.78. The summed E-state index contributed by atoms with van der Waals surface area (Å²) in [5, 5.41) is 15.0. The molecule has 3 N–H and O–H groups in total. The van der Waals surface area contributed by atoms with Gasteiger partial charge in [-0.15, -0.1) is 0 Å². The van der Waals surface area contributed by atoms with Crippen LogP contribution in [0.25, 0.3) is 0 Å². The summed E-state index contributed by atoms with van der Waals surface area (Å²) in [5.74, 6) is -1.61. The highest BCUT2D eigenvalue weighted by Crippen LogP contribution is 2.34. The summed E-state index contributed by atoms with van der Waals surface area (Å²) < 4.78 is 5.31. The fourth-order valence-electron chi connectivity index (χ4n) is 3.43. The number of carbonyl (C=O) groups excluding carboxylic acids is 2. The summed E-state index contributed by atoms with van der Waals surface area (Å²) in [6.07, 6.45) is 2.94. The molecule has 1 saturated carbocycles. The van der Waals surface area contributed by atoms with Crippen LogP contribution in [0.5, 0.6) is 5.75 Å². The van der Waals surface area contributed by atoms with Crippen molar-refractivity contribution in [1.29, 1.82) is 0 Å². The van der Waals surface area contributed by atoms with Gasteiger partial charge in [-0.05, 0) is 38.0 Å². The topological polar surface area (TPSA) is 105 Å². The smallest absolute Gasteiger partial charge is 0.308 e. The molecule has 3 rings (SSSR count). The minimum atomic E-state index is -0.881. The summed E-state index contributed by atoms with van der Waals surface area (Å²) in [4.78, 5) is 35.4. The van der Waals surface area contributed by atoms with Gasteiger partial charge in [-0.3, -0.25) is 14.4 Å². The van der Waals surface area contributed by atoms with Crippen molar-refractivity contribution in [2.24, 2.45) is 5.92 Å². The molecule has 0 aromatic heterocycles. The number of fused-ring (bicyclic) bond motifs is 1. The fourth-order valence-corrected chi connectivity index (χ4v) is 3.43. The molecule has 1 aliphatic carbocycles. The lowest BCUT2D eigenvalue weighted by Gasteiger charge is -2.39. The second-order valence-corrected chi connectivity index (χ2v) is 6.56. The van der Waals surface area contributed by atoms with Crippen LogP contribution < -0.4 is 15.4 Å². The molecule has 2 atom stereocenters. The lowest BCUT2D eigenvalue weighted by molar-refractivity contribution is -0.145. The number of hydrogen-bond donors (Lipinski definition) is 3. The Morgan fingerprint density at radius 3 is 2.92 bits per heavy atom. The Labute approximate surface area is 139 Å². The molecule has 128 valence electrons. The number of ether oxygens (including phenoxy) is 1. The van der Waals surface area contributed by atoms with E-state index in [1.54, 1.807) is 25.1 Å². The molecule has 2 unspecified atom stereocenters. The standard InChI is InChI=1S/C17H20N2O5/c1-17(7-3-2-4-11(17)16(22)23)19-15(21)10-5-6-12-13(8-10)24-9-14(20)18-12/h5-6,8,11H,2-4,7,9H2,1H3,(H,18,20)(H,19,21)(H,22,23). The van der Waals surface area contributed by atoms with Crippen LogP contribution >= 0.6 is 0 Å². The van der Waals surface area contributed by atoms with E-state index < -0.39 is 17.4 Å². The van der Waals surface area contributed by atoms with Gasteiger partial charge < -0.3 is 20.5 Å². The summed E-state index contributed by atoms with van der Waals surface area (Å²) in [6, 6.07) is 4.76. The third-order valence-electron chi connectivity index (χ3n) is 4.78. The number of carboxylic acids is 1. The second kappa shape index (κ2) is 6.14. The van der Waals surface area contributed by atoms with E-state index in [2.05, 4.69) is 10.6 Å². The zero-order valence-electron chi connectivity index (χ0n) is 13.4. The zero-order chi connectivity index (χ0) is 17.3. The number of rotatable bonds is 3. The quantitative estimate of drug-likeness (QED) is 0.782. The van der Waals surface area contributed by atoms with Gasteiger partial charge >= 0.3 is 5.97 Å². The van der Waals surface area contributed by atoms with E-state index in [4.69, 9.17) is 4.74 Å². The lowest BCUT2D eigenvalue weighted by Crippen LogP contribution is -2.55. The highest BCUT2D eigenvalue weighted by Gasteiger charge is 2.42. The Hall–Kier alpha value is -2.57. The van der Waals surface area contributed by atoms with Gasteiger partial charge in [0.1, 0.15) is 5.75 Å². The summed E-state index contributed by atoms with van der Waals surface area (Å²) in [7, 11) is 0. The summed E-state index contributed by atoms with van der Waals surface area (Å²) in [5.41, 5.74) is 0.127. The van der Waals surface area contributed by atoms with Crippen LogP contribution in [0, 0.1) is 5.92 Å². The molecule has 1 heterocycles. The van der Waals surface area contributed by atoms with Gasteiger partial charge in [-0.2, -0.15) is 0 Å². The largest absolute Gasteiger partial charge is 0.482 e. The van der Waals surface area contributed by atoms with Gasteiger partial charge in [0.05, 0.1) is 17.1 Å². The maximum absolute atomic E-state index is 12.6. The van der Waals surface area contributed by atoms with Gasteiger partial charge in [0.15, 0.2) is 6.61 Å². The number of hydrogen-bond acceptors (Lipinski definition) is 4. The fraction of sp³-hybridized carbons (Fsp3) is 0.471. The third kappa shape index (κ3) is 3.06. The summed E-state index contributed by atoms with van der Waals surface area (Å²) >= 11 is 0. The van der Waals surface area contributed by atoms with Crippen molar-refractivity contribution in [3.8, 4) is 5.75 Å². The van der Waals surface area contributed by atoms with E-state index in [1.165, 1.54) is 0 Å². The minimum absolute atomic E-state index is 0.0864. The van der Waals surface area contributed by atoms with Crippen molar-refractivity contribution in [3.63, 3.8) is 0 Å². The Kier molecular flexibility index (Phi) is 4.17. The van der Waals surface area contributed by atoms with Crippen molar-refractivity contribution >= 4 is 23.5 Å². The van der Waals surface area contributed by atoms with Gasteiger partial charge in [-0.1, -0.05) is 12.8 Å². The molecule has 7 nitrogen and oxygen atoms in total. The predicted molar refractivity (Wildman–Crippen MR) is 86.0 cm³/mol. The van der Waals surface area contributed by atoms with Crippen LogP contribution in [-0.2, 0) is 9.59 Å². The predicted octanol–water partition coefficient (Wildman–Crippen LogP) is 1.78. The van der Waals surface area contributed by atoms with Crippen LogP contribution in [0.15, 0.2) is 18.2 Å². The SMILES string of the molecule is CC1(NC(=O)c2ccc3c(c2)OCC(=O)N3)CCCCC1C(=O)O. The highest BCUT2D eigenvalue weighted by atomic mass is 16.5. The molecule has 1 aromatic rings. The number of amides is 2. The van der Waals surface area contributed by atoms with E-state index in [0.29, 0.717) is 29.8 Å². The molecule has 0 saturated heterocycles. The number of carboxylic acid groups (broad SMARTS) is 1. The first-order valence-corrected chi connectivity index (χ1v) is 8.01. The van der Waals surface area contributed by atoms with Crippen LogP contribution in [0.3, 0.4) is 0 Å². The maximum atomic E-state index is 12.6. The maximum Gasteiger partial charge on any atom is 0.308 e. The molecule has 7 heteroatoms. The molecule has 0 spiro atoms.